The average molecular weight is 271 g/mol. The molecule has 0 saturated heterocycles. The molecule has 0 aliphatic heterocycles. The Balaban J connectivity index is 2.06. The second-order valence-electron chi connectivity index (χ2n) is 4.36. The number of Topliss-reactive ketones (excluding diaryl/α,β-unsaturated/α-hetero) is 1. The summed E-state index contributed by atoms with van der Waals surface area (Å²) in [6.07, 6.45) is -1.02. The molecule has 5 heteroatoms. The molecule has 0 amide bonds. The standard InChI is InChI=1S/C15H13NO4/c17-14(11-4-2-1-3-5-11)10-15(18)12-6-8-13(9-7-12)16(19)20/h1-9,15,18H,10H2. The molecule has 0 radical (unpaired) electrons. The fraction of sp³-hybridized carbons (Fsp3) is 0.133. The van der Waals surface area contributed by atoms with E-state index in [4.69, 9.17) is 0 Å². The first-order valence-electron chi connectivity index (χ1n) is 6.08. The van der Waals surface area contributed by atoms with E-state index in [0.717, 1.165) is 0 Å². The van der Waals surface area contributed by atoms with Gasteiger partial charge in [-0.3, -0.25) is 14.9 Å². The van der Waals surface area contributed by atoms with Gasteiger partial charge in [-0.15, -0.1) is 0 Å². The highest BCUT2D eigenvalue weighted by molar-refractivity contribution is 5.96. The molecule has 2 aromatic carbocycles. The van der Waals surface area contributed by atoms with Gasteiger partial charge in [0, 0.05) is 24.1 Å². The lowest BCUT2D eigenvalue weighted by Crippen LogP contribution is -2.07. The van der Waals surface area contributed by atoms with Gasteiger partial charge in [0.15, 0.2) is 5.78 Å². The first-order chi connectivity index (χ1) is 9.58. The summed E-state index contributed by atoms with van der Waals surface area (Å²) in [5, 5.41) is 20.5. The number of ketones is 1. The summed E-state index contributed by atoms with van der Waals surface area (Å²) in [7, 11) is 0. The van der Waals surface area contributed by atoms with Crippen molar-refractivity contribution in [2.75, 3.05) is 0 Å². The van der Waals surface area contributed by atoms with Crippen LogP contribution in [0.3, 0.4) is 0 Å². The van der Waals surface area contributed by atoms with Crippen molar-refractivity contribution in [1.82, 2.24) is 0 Å². The number of non-ortho nitro benzene ring substituents is 1. The number of nitro groups is 1. The molecule has 0 bridgehead atoms. The quantitative estimate of drug-likeness (QED) is 0.515. The third-order valence-corrected chi connectivity index (χ3v) is 2.96. The Morgan fingerprint density at radius 3 is 2.25 bits per heavy atom. The molecule has 1 atom stereocenters. The second-order valence-corrected chi connectivity index (χ2v) is 4.36. The highest BCUT2D eigenvalue weighted by Gasteiger charge is 2.15. The lowest BCUT2D eigenvalue weighted by atomic mass is 10.00. The van der Waals surface area contributed by atoms with E-state index >= 15 is 0 Å². The maximum absolute atomic E-state index is 11.9. The van der Waals surface area contributed by atoms with E-state index in [1.807, 2.05) is 6.07 Å². The Kier molecular flexibility index (Phi) is 4.22. The van der Waals surface area contributed by atoms with Gasteiger partial charge < -0.3 is 5.11 Å². The minimum absolute atomic E-state index is 0.0460. The van der Waals surface area contributed by atoms with Gasteiger partial charge in [0.1, 0.15) is 0 Å². The molecule has 1 N–H and O–H groups in total. The van der Waals surface area contributed by atoms with Crippen molar-refractivity contribution in [3.8, 4) is 0 Å². The molecule has 0 fully saturated rings. The number of hydrogen-bond donors (Lipinski definition) is 1. The fourth-order valence-corrected chi connectivity index (χ4v) is 1.85. The highest BCUT2D eigenvalue weighted by Crippen LogP contribution is 2.21. The van der Waals surface area contributed by atoms with Gasteiger partial charge in [0.2, 0.25) is 0 Å². The number of carbonyl (C=O) groups is 1. The summed E-state index contributed by atoms with van der Waals surface area (Å²) in [6, 6.07) is 14.2. The topological polar surface area (TPSA) is 80.4 Å². The Morgan fingerprint density at radius 1 is 1.10 bits per heavy atom. The van der Waals surface area contributed by atoms with E-state index in [0.29, 0.717) is 11.1 Å². The van der Waals surface area contributed by atoms with E-state index in [-0.39, 0.29) is 17.9 Å². The molecule has 1 unspecified atom stereocenters. The van der Waals surface area contributed by atoms with Crippen molar-refractivity contribution in [2.45, 2.75) is 12.5 Å². The lowest BCUT2D eigenvalue weighted by molar-refractivity contribution is -0.384. The summed E-state index contributed by atoms with van der Waals surface area (Å²) in [5.41, 5.74) is 0.976. The first-order valence-corrected chi connectivity index (χ1v) is 6.08. The van der Waals surface area contributed by atoms with Crippen LogP contribution in [0, 0.1) is 10.1 Å². The van der Waals surface area contributed by atoms with Gasteiger partial charge in [0.25, 0.3) is 5.69 Å². The number of hydrogen-bond acceptors (Lipinski definition) is 4. The molecule has 0 aliphatic rings. The van der Waals surface area contributed by atoms with Crippen LogP contribution in [-0.2, 0) is 0 Å². The zero-order valence-corrected chi connectivity index (χ0v) is 10.6. The van der Waals surface area contributed by atoms with Crippen LogP contribution in [0.1, 0.15) is 28.4 Å². The van der Waals surface area contributed by atoms with Crippen LogP contribution >= 0.6 is 0 Å². The van der Waals surface area contributed by atoms with Crippen molar-refractivity contribution in [2.24, 2.45) is 0 Å². The molecule has 0 spiro atoms. The van der Waals surface area contributed by atoms with E-state index in [2.05, 4.69) is 0 Å². The van der Waals surface area contributed by atoms with Crippen LogP contribution in [0.4, 0.5) is 5.69 Å². The number of nitrogens with zero attached hydrogens (tertiary/aromatic N) is 1. The zero-order chi connectivity index (χ0) is 14.5. The number of benzene rings is 2. The third kappa shape index (κ3) is 3.27. The number of carbonyl (C=O) groups excluding carboxylic acids is 1. The molecule has 20 heavy (non-hydrogen) atoms. The SMILES string of the molecule is O=C(CC(O)c1ccc([N+](=O)[O-])cc1)c1ccccc1. The second kappa shape index (κ2) is 6.08. The van der Waals surface area contributed by atoms with Crippen LogP contribution in [0.25, 0.3) is 0 Å². The van der Waals surface area contributed by atoms with Crippen LogP contribution < -0.4 is 0 Å². The van der Waals surface area contributed by atoms with Gasteiger partial charge in [-0.05, 0) is 17.7 Å². The Bertz CT molecular complexity index is 608. The Morgan fingerprint density at radius 2 is 1.70 bits per heavy atom. The Labute approximate surface area is 115 Å². The average Bonchev–Trinajstić information content (AvgIpc) is 2.48. The number of aliphatic hydroxyl groups excluding tert-OH is 1. The number of aliphatic hydroxyl groups is 1. The van der Waals surface area contributed by atoms with Crippen LogP contribution in [0.15, 0.2) is 54.6 Å². The van der Waals surface area contributed by atoms with Crippen LogP contribution in [0.2, 0.25) is 0 Å². The van der Waals surface area contributed by atoms with E-state index in [1.54, 1.807) is 24.3 Å². The van der Waals surface area contributed by atoms with Crippen LogP contribution in [0.5, 0.6) is 0 Å². The number of rotatable bonds is 5. The van der Waals surface area contributed by atoms with Gasteiger partial charge in [0.05, 0.1) is 11.0 Å². The predicted molar refractivity (Wildman–Crippen MR) is 73.4 cm³/mol. The van der Waals surface area contributed by atoms with Gasteiger partial charge in [-0.2, -0.15) is 0 Å². The van der Waals surface area contributed by atoms with E-state index < -0.39 is 11.0 Å². The molecule has 102 valence electrons. The van der Waals surface area contributed by atoms with Crippen molar-refractivity contribution >= 4 is 11.5 Å². The lowest BCUT2D eigenvalue weighted by Gasteiger charge is -2.10. The summed E-state index contributed by atoms with van der Waals surface area (Å²) >= 11 is 0. The van der Waals surface area contributed by atoms with Crippen molar-refractivity contribution in [3.63, 3.8) is 0 Å². The monoisotopic (exact) mass is 271 g/mol. The summed E-state index contributed by atoms with van der Waals surface area (Å²) < 4.78 is 0. The molecule has 0 aliphatic carbocycles. The van der Waals surface area contributed by atoms with Gasteiger partial charge in [-0.1, -0.05) is 30.3 Å². The smallest absolute Gasteiger partial charge is 0.269 e. The maximum atomic E-state index is 11.9. The number of nitro benzene ring substituents is 1. The molecule has 5 nitrogen and oxygen atoms in total. The minimum atomic E-state index is -0.969. The molecule has 2 aromatic rings. The molecule has 0 aromatic heterocycles. The van der Waals surface area contributed by atoms with Gasteiger partial charge >= 0.3 is 0 Å². The maximum Gasteiger partial charge on any atom is 0.269 e. The van der Waals surface area contributed by atoms with Crippen LogP contribution in [-0.4, -0.2) is 15.8 Å². The molecule has 0 saturated carbocycles. The molecular formula is C15H13NO4. The normalized spacial score (nSPS) is 11.8. The highest BCUT2D eigenvalue weighted by atomic mass is 16.6. The molecular weight excluding hydrogens is 258 g/mol. The van der Waals surface area contributed by atoms with E-state index in [9.17, 15) is 20.0 Å². The summed E-state index contributed by atoms with van der Waals surface area (Å²) in [5.74, 6) is -0.170. The minimum Gasteiger partial charge on any atom is -0.388 e. The largest absolute Gasteiger partial charge is 0.388 e. The third-order valence-electron chi connectivity index (χ3n) is 2.96. The van der Waals surface area contributed by atoms with Crippen molar-refractivity contribution < 1.29 is 14.8 Å². The van der Waals surface area contributed by atoms with E-state index in [1.165, 1.54) is 24.3 Å². The Hall–Kier alpha value is -2.53. The van der Waals surface area contributed by atoms with Gasteiger partial charge in [-0.25, -0.2) is 0 Å². The molecule has 0 heterocycles. The first kappa shape index (κ1) is 13.9. The van der Waals surface area contributed by atoms with Crippen molar-refractivity contribution in [1.29, 1.82) is 0 Å². The predicted octanol–water partition coefficient (Wildman–Crippen LogP) is 2.90. The fourth-order valence-electron chi connectivity index (χ4n) is 1.85. The zero-order valence-electron chi connectivity index (χ0n) is 10.6. The summed E-state index contributed by atoms with van der Waals surface area (Å²) in [4.78, 5) is 22.0. The van der Waals surface area contributed by atoms with Crippen molar-refractivity contribution in [3.05, 3.63) is 75.8 Å². The summed E-state index contributed by atoms with van der Waals surface area (Å²) in [6.45, 7) is 0. The molecule has 2 rings (SSSR count).